The number of benzene rings is 1. The molecular formula is C11H9BrClNO3S. The second kappa shape index (κ2) is 5.50. The molecular weight excluding hydrogens is 342 g/mol. The predicted molar refractivity (Wildman–Crippen MR) is 74.1 cm³/mol. The van der Waals surface area contributed by atoms with Crippen LogP contribution in [0.3, 0.4) is 0 Å². The Kier molecular flexibility index (Phi) is 4.19. The van der Waals surface area contributed by atoms with Crippen molar-refractivity contribution >= 4 is 51.2 Å². The van der Waals surface area contributed by atoms with Gasteiger partial charge in [-0.3, -0.25) is 4.79 Å². The summed E-state index contributed by atoms with van der Waals surface area (Å²) >= 11 is 10.7. The van der Waals surface area contributed by atoms with Crippen LogP contribution in [-0.2, 0) is 4.79 Å². The van der Waals surface area contributed by atoms with Gasteiger partial charge in [0.05, 0.1) is 16.5 Å². The molecule has 2 rings (SSSR count). The maximum Gasteiger partial charge on any atom is 0.327 e. The zero-order chi connectivity index (χ0) is 13.3. The van der Waals surface area contributed by atoms with Gasteiger partial charge in [-0.25, -0.2) is 4.79 Å². The van der Waals surface area contributed by atoms with Crippen molar-refractivity contribution in [2.75, 3.05) is 11.6 Å². The predicted octanol–water partition coefficient (Wildman–Crippen LogP) is 2.70. The number of carbonyl (C=O) groups is 2. The molecule has 1 aliphatic rings. The van der Waals surface area contributed by atoms with Crippen LogP contribution in [0.4, 0.5) is 0 Å². The molecule has 96 valence electrons. The lowest BCUT2D eigenvalue weighted by Crippen LogP contribution is -2.41. The number of nitrogens with zero attached hydrogens (tertiary/aromatic N) is 1. The van der Waals surface area contributed by atoms with Crippen LogP contribution in [0.2, 0.25) is 5.02 Å². The van der Waals surface area contributed by atoms with Crippen molar-refractivity contribution in [3.63, 3.8) is 0 Å². The molecule has 1 N–H and O–H groups in total. The number of aliphatic carboxylic acids is 1. The maximum atomic E-state index is 12.3. The normalized spacial score (nSPS) is 19.0. The van der Waals surface area contributed by atoms with Crippen molar-refractivity contribution in [1.29, 1.82) is 0 Å². The molecule has 4 nitrogen and oxygen atoms in total. The number of carboxylic acids is 1. The fourth-order valence-electron chi connectivity index (χ4n) is 1.67. The van der Waals surface area contributed by atoms with E-state index in [0.29, 0.717) is 26.7 Å². The molecule has 0 spiro atoms. The van der Waals surface area contributed by atoms with E-state index in [9.17, 15) is 9.59 Å². The Morgan fingerprint density at radius 2 is 2.22 bits per heavy atom. The van der Waals surface area contributed by atoms with E-state index in [0.717, 1.165) is 0 Å². The van der Waals surface area contributed by atoms with Gasteiger partial charge >= 0.3 is 5.97 Å². The standard InChI is InChI=1S/C11H9BrClNO3S/c12-7-3-1-2-6(9(7)13)10(15)14-5-18-4-8(14)11(16)17/h1-3,8H,4-5H2,(H,16,17)/t8-/m0/s1. The molecule has 1 aromatic rings. The summed E-state index contributed by atoms with van der Waals surface area (Å²) in [4.78, 5) is 24.7. The minimum absolute atomic E-state index is 0.309. The third-order valence-electron chi connectivity index (χ3n) is 2.61. The van der Waals surface area contributed by atoms with Gasteiger partial charge in [0.15, 0.2) is 0 Å². The maximum absolute atomic E-state index is 12.3. The van der Waals surface area contributed by atoms with Crippen molar-refractivity contribution in [3.05, 3.63) is 33.3 Å². The Hall–Kier alpha value is -0.720. The Bertz CT molecular complexity index is 511. The van der Waals surface area contributed by atoms with E-state index in [1.165, 1.54) is 16.7 Å². The summed E-state index contributed by atoms with van der Waals surface area (Å²) < 4.78 is 0.619. The van der Waals surface area contributed by atoms with Gasteiger partial charge in [-0.1, -0.05) is 17.7 Å². The fraction of sp³-hybridized carbons (Fsp3) is 0.273. The van der Waals surface area contributed by atoms with Crippen LogP contribution < -0.4 is 0 Å². The molecule has 0 saturated carbocycles. The van der Waals surface area contributed by atoms with Gasteiger partial charge in [-0.15, -0.1) is 11.8 Å². The first kappa shape index (κ1) is 13.7. The number of carboxylic acid groups (broad SMARTS) is 1. The highest BCUT2D eigenvalue weighted by atomic mass is 79.9. The van der Waals surface area contributed by atoms with Crippen LogP contribution in [-0.4, -0.2) is 39.6 Å². The van der Waals surface area contributed by atoms with E-state index in [1.807, 2.05) is 0 Å². The number of hydrogen-bond donors (Lipinski definition) is 1. The largest absolute Gasteiger partial charge is 0.480 e. The molecule has 7 heteroatoms. The lowest BCUT2D eigenvalue weighted by atomic mass is 10.2. The monoisotopic (exact) mass is 349 g/mol. The molecule has 1 aromatic carbocycles. The van der Waals surface area contributed by atoms with Gasteiger partial charge in [0.2, 0.25) is 0 Å². The minimum Gasteiger partial charge on any atom is -0.480 e. The molecule has 1 atom stereocenters. The summed E-state index contributed by atoms with van der Waals surface area (Å²) in [7, 11) is 0. The van der Waals surface area contributed by atoms with Crippen LogP contribution in [0.15, 0.2) is 22.7 Å². The molecule has 1 saturated heterocycles. The van der Waals surface area contributed by atoms with Gasteiger partial charge < -0.3 is 10.0 Å². The van der Waals surface area contributed by atoms with Crippen molar-refractivity contribution in [2.24, 2.45) is 0 Å². The quantitative estimate of drug-likeness (QED) is 0.891. The third-order valence-corrected chi connectivity index (χ3v) is 4.92. The second-order valence-corrected chi connectivity index (χ2v) is 5.96. The molecule has 1 heterocycles. The van der Waals surface area contributed by atoms with Gasteiger partial charge in [-0.05, 0) is 28.1 Å². The van der Waals surface area contributed by atoms with Crippen molar-refractivity contribution in [2.45, 2.75) is 6.04 Å². The average Bonchev–Trinajstić information content (AvgIpc) is 2.81. The SMILES string of the molecule is O=C(O)[C@@H]1CSCN1C(=O)c1cccc(Br)c1Cl. The molecule has 0 unspecified atom stereocenters. The zero-order valence-electron chi connectivity index (χ0n) is 9.10. The first-order valence-corrected chi connectivity index (χ1v) is 7.40. The summed E-state index contributed by atoms with van der Waals surface area (Å²) in [6.07, 6.45) is 0. The first-order valence-electron chi connectivity index (χ1n) is 5.08. The molecule has 0 aromatic heterocycles. The minimum atomic E-state index is -0.987. The van der Waals surface area contributed by atoms with Gasteiger partial charge in [0, 0.05) is 10.2 Å². The number of amides is 1. The van der Waals surface area contributed by atoms with E-state index < -0.39 is 12.0 Å². The summed E-state index contributed by atoms with van der Waals surface area (Å²) in [5.41, 5.74) is 0.319. The smallest absolute Gasteiger partial charge is 0.327 e. The molecule has 0 bridgehead atoms. The van der Waals surface area contributed by atoms with Crippen molar-refractivity contribution in [3.8, 4) is 0 Å². The van der Waals surface area contributed by atoms with Gasteiger partial charge in [0.25, 0.3) is 5.91 Å². The number of thioether (sulfide) groups is 1. The van der Waals surface area contributed by atoms with Crippen molar-refractivity contribution in [1.82, 2.24) is 4.90 Å². The lowest BCUT2D eigenvalue weighted by molar-refractivity contribution is -0.140. The van der Waals surface area contributed by atoms with Crippen LogP contribution >= 0.6 is 39.3 Å². The van der Waals surface area contributed by atoms with Crippen LogP contribution in [0, 0.1) is 0 Å². The lowest BCUT2D eigenvalue weighted by Gasteiger charge is -2.21. The Balaban J connectivity index is 2.31. The molecule has 1 amide bonds. The van der Waals surface area contributed by atoms with Crippen LogP contribution in [0.25, 0.3) is 0 Å². The summed E-state index contributed by atoms with van der Waals surface area (Å²) in [5, 5.41) is 9.36. The topological polar surface area (TPSA) is 57.6 Å². The Morgan fingerprint density at radius 3 is 2.89 bits per heavy atom. The van der Waals surface area contributed by atoms with E-state index >= 15 is 0 Å². The summed E-state index contributed by atoms with van der Waals surface area (Å²) in [6.45, 7) is 0. The van der Waals surface area contributed by atoms with E-state index in [2.05, 4.69) is 15.9 Å². The van der Waals surface area contributed by atoms with E-state index in [4.69, 9.17) is 16.7 Å². The third kappa shape index (κ3) is 2.50. The fourth-order valence-corrected chi connectivity index (χ4v) is 3.39. The van der Waals surface area contributed by atoms with Crippen LogP contribution in [0.1, 0.15) is 10.4 Å². The number of carbonyl (C=O) groups excluding carboxylic acids is 1. The Labute approximate surface area is 121 Å². The van der Waals surface area contributed by atoms with Gasteiger partial charge in [-0.2, -0.15) is 0 Å². The molecule has 18 heavy (non-hydrogen) atoms. The number of halogens is 2. The summed E-state index contributed by atoms with van der Waals surface area (Å²) in [6, 6.07) is 4.24. The second-order valence-electron chi connectivity index (χ2n) is 3.73. The van der Waals surface area contributed by atoms with E-state index in [-0.39, 0.29) is 5.91 Å². The highest BCUT2D eigenvalue weighted by Gasteiger charge is 2.35. The van der Waals surface area contributed by atoms with Crippen molar-refractivity contribution < 1.29 is 14.7 Å². The van der Waals surface area contributed by atoms with Crippen LogP contribution in [0.5, 0.6) is 0 Å². The number of hydrogen-bond acceptors (Lipinski definition) is 3. The zero-order valence-corrected chi connectivity index (χ0v) is 12.3. The summed E-state index contributed by atoms with van der Waals surface area (Å²) in [5.74, 6) is -0.552. The molecule has 1 aliphatic heterocycles. The van der Waals surface area contributed by atoms with Gasteiger partial charge in [0.1, 0.15) is 6.04 Å². The molecule has 0 radical (unpaired) electrons. The highest BCUT2D eigenvalue weighted by Crippen LogP contribution is 2.30. The Morgan fingerprint density at radius 1 is 1.50 bits per heavy atom. The molecule has 0 aliphatic carbocycles. The highest BCUT2D eigenvalue weighted by molar-refractivity contribution is 9.10. The van der Waals surface area contributed by atoms with E-state index in [1.54, 1.807) is 18.2 Å². The number of rotatable bonds is 2. The molecule has 1 fully saturated rings. The average molecular weight is 351 g/mol. The first-order chi connectivity index (χ1) is 8.52.